The second kappa shape index (κ2) is 5.16. The van der Waals surface area contributed by atoms with Crippen LogP contribution in [0.5, 0.6) is 0 Å². The molecule has 0 aromatic rings. The molecule has 1 rings (SSSR count). The lowest BCUT2D eigenvalue weighted by atomic mass is 9.77. The van der Waals surface area contributed by atoms with Gasteiger partial charge in [-0.1, -0.05) is 27.7 Å². The van der Waals surface area contributed by atoms with Crippen molar-refractivity contribution in [1.82, 2.24) is 5.32 Å². The summed E-state index contributed by atoms with van der Waals surface area (Å²) in [5.74, 6) is 1.80. The van der Waals surface area contributed by atoms with Gasteiger partial charge in [0.2, 0.25) is 0 Å². The van der Waals surface area contributed by atoms with Crippen LogP contribution in [-0.4, -0.2) is 13.1 Å². The minimum atomic E-state index is 0.620. The first-order valence-corrected chi connectivity index (χ1v) is 6.35. The molecular weight excluding hydrogens is 170 g/mol. The highest BCUT2D eigenvalue weighted by molar-refractivity contribution is 4.93. The smallest absolute Gasteiger partial charge is 0.00104 e. The average molecular weight is 197 g/mol. The molecule has 0 saturated heterocycles. The van der Waals surface area contributed by atoms with Gasteiger partial charge >= 0.3 is 0 Å². The summed E-state index contributed by atoms with van der Waals surface area (Å²) in [6.07, 6.45) is 5.65. The Hall–Kier alpha value is -0.0400. The summed E-state index contributed by atoms with van der Waals surface area (Å²) in [5.41, 5.74) is 0.620. The van der Waals surface area contributed by atoms with E-state index in [1.54, 1.807) is 0 Å². The molecule has 0 spiro atoms. The molecule has 0 heterocycles. The topological polar surface area (TPSA) is 12.0 Å². The van der Waals surface area contributed by atoms with Crippen LogP contribution in [0.2, 0.25) is 0 Å². The highest BCUT2D eigenvalue weighted by atomic mass is 14.9. The van der Waals surface area contributed by atoms with E-state index in [4.69, 9.17) is 0 Å². The predicted molar refractivity (Wildman–Crippen MR) is 63.4 cm³/mol. The van der Waals surface area contributed by atoms with Crippen molar-refractivity contribution in [3.63, 3.8) is 0 Å². The maximum absolute atomic E-state index is 3.65. The van der Waals surface area contributed by atoms with E-state index >= 15 is 0 Å². The van der Waals surface area contributed by atoms with Crippen molar-refractivity contribution in [3.8, 4) is 0 Å². The molecule has 1 heteroatoms. The first-order chi connectivity index (χ1) is 6.64. The molecule has 1 fully saturated rings. The van der Waals surface area contributed by atoms with Crippen molar-refractivity contribution in [2.24, 2.45) is 17.3 Å². The largest absolute Gasteiger partial charge is 0.316 e. The van der Waals surface area contributed by atoms with Gasteiger partial charge in [-0.25, -0.2) is 0 Å². The summed E-state index contributed by atoms with van der Waals surface area (Å²) < 4.78 is 0. The SMILES string of the molecule is CCC(CC)(CNCC(C)C)C1CC1. The van der Waals surface area contributed by atoms with Gasteiger partial charge in [-0.3, -0.25) is 0 Å². The van der Waals surface area contributed by atoms with Gasteiger partial charge in [0.25, 0.3) is 0 Å². The van der Waals surface area contributed by atoms with Crippen LogP contribution in [0.15, 0.2) is 0 Å². The van der Waals surface area contributed by atoms with Crippen molar-refractivity contribution >= 4 is 0 Å². The van der Waals surface area contributed by atoms with E-state index in [1.807, 2.05) is 0 Å². The van der Waals surface area contributed by atoms with Crippen molar-refractivity contribution in [2.75, 3.05) is 13.1 Å². The quantitative estimate of drug-likeness (QED) is 0.659. The van der Waals surface area contributed by atoms with Crippen LogP contribution in [0.4, 0.5) is 0 Å². The normalized spacial score (nSPS) is 17.8. The molecule has 0 atom stereocenters. The molecule has 1 aliphatic carbocycles. The molecule has 0 amide bonds. The van der Waals surface area contributed by atoms with E-state index in [0.717, 1.165) is 11.8 Å². The Morgan fingerprint density at radius 3 is 2.14 bits per heavy atom. The fourth-order valence-corrected chi connectivity index (χ4v) is 2.53. The van der Waals surface area contributed by atoms with Gasteiger partial charge in [0.15, 0.2) is 0 Å². The van der Waals surface area contributed by atoms with Gasteiger partial charge in [0, 0.05) is 6.54 Å². The van der Waals surface area contributed by atoms with Crippen LogP contribution >= 0.6 is 0 Å². The lowest BCUT2D eigenvalue weighted by Crippen LogP contribution is -2.36. The fourth-order valence-electron chi connectivity index (χ4n) is 2.53. The number of nitrogens with one attached hydrogen (secondary N) is 1. The molecule has 0 radical (unpaired) electrons. The summed E-state index contributed by atoms with van der Waals surface area (Å²) in [4.78, 5) is 0. The maximum atomic E-state index is 3.65. The Morgan fingerprint density at radius 2 is 1.79 bits per heavy atom. The molecule has 14 heavy (non-hydrogen) atoms. The molecule has 0 unspecified atom stereocenters. The zero-order valence-corrected chi connectivity index (χ0v) is 10.4. The highest BCUT2D eigenvalue weighted by Gasteiger charge is 2.41. The van der Waals surface area contributed by atoms with E-state index in [1.165, 1.54) is 38.8 Å². The maximum Gasteiger partial charge on any atom is 0.00104 e. The zero-order chi connectivity index (χ0) is 10.6. The van der Waals surface area contributed by atoms with Crippen LogP contribution < -0.4 is 5.32 Å². The molecule has 1 nitrogen and oxygen atoms in total. The first-order valence-electron chi connectivity index (χ1n) is 6.35. The van der Waals surface area contributed by atoms with E-state index in [0.29, 0.717) is 5.41 Å². The monoisotopic (exact) mass is 197 g/mol. The standard InChI is InChI=1S/C13H27N/c1-5-13(6-2,12-7-8-12)10-14-9-11(3)4/h11-12,14H,5-10H2,1-4H3. The average Bonchev–Trinajstić information content (AvgIpc) is 2.96. The summed E-state index contributed by atoms with van der Waals surface area (Å²) in [6.45, 7) is 11.7. The molecule has 1 aliphatic rings. The van der Waals surface area contributed by atoms with Gasteiger partial charge in [0.1, 0.15) is 0 Å². The lowest BCUT2D eigenvalue weighted by Gasteiger charge is -2.32. The zero-order valence-electron chi connectivity index (χ0n) is 10.4. The van der Waals surface area contributed by atoms with E-state index in [9.17, 15) is 0 Å². The molecule has 0 aromatic carbocycles. The van der Waals surface area contributed by atoms with Gasteiger partial charge in [0.05, 0.1) is 0 Å². The summed E-state index contributed by atoms with van der Waals surface area (Å²) in [5, 5.41) is 3.65. The molecule has 0 aliphatic heterocycles. The number of hydrogen-bond acceptors (Lipinski definition) is 1. The third-order valence-corrected chi connectivity index (χ3v) is 3.88. The lowest BCUT2D eigenvalue weighted by molar-refractivity contribution is 0.204. The molecular formula is C13H27N. The molecule has 0 bridgehead atoms. The molecule has 84 valence electrons. The van der Waals surface area contributed by atoms with Crippen LogP contribution in [0.3, 0.4) is 0 Å². The summed E-state index contributed by atoms with van der Waals surface area (Å²) in [7, 11) is 0. The van der Waals surface area contributed by atoms with Crippen LogP contribution in [0.25, 0.3) is 0 Å². The van der Waals surface area contributed by atoms with Crippen molar-refractivity contribution < 1.29 is 0 Å². The summed E-state index contributed by atoms with van der Waals surface area (Å²) in [6, 6.07) is 0. The number of hydrogen-bond donors (Lipinski definition) is 1. The van der Waals surface area contributed by atoms with Crippen molar-refractivity contribution in [1.29, 1.82) is 0 Å². The van der Waals surface area contributed by atoms with E-state index < -0.39 is 0 Å². The summed E-state index contributed by atoms with van der Waals surface area (Å²) >= 11 is 0. The first kappa shape index (κ1) is 12.0. The predicted octanol–water partition coefficient (Wildman–Crippen LogP) is 3.45. The Labute approximate surface area is 89.7 Å². The Balaban J connectivity index is 2.34. The van der Waals surface area contributed by atoms with Crippen molar-refractivity contribution in [3.05, 3.63) is 0 Å². The Bertz CT molecular complexity index is 155. The number of rotatable bonds is 7. The third kappa shape index (κ3) is 2.98. The highest BCUT2D eigenvalue weighted by Crippen LogP contribution is 2.49. The molecule has 1 N–H and O–H groups in total. The molecule has 1 saturated carbocycles. The van der Waals surface area contributed by atoms with Gasteiger partial charge in [-0.15, -0.1) is 0 Å². The van der Waals surface area contributed by atoms with Crippen LogP contribution in [0, 0.1) is 17.3 Å². The van der Waals surface area contributed by atoms with Crippen molar-refractivity contribution in [2.45, 2.75) is 53.4 Å². The minimum Gasteiger partial charge on any atom is -0.316 e. The Morgan fingerprint density at radius 1 is 1.21 bits per heavy atom. The minimum absolute atomic E-state index is 0.620. The van der Waals surface area contributed by atoms with E-state index in [-0.39, 0.29) is 0 Å². The van der Waals surface area contributed by atoms with E-state index in [2.05, 4.69) is 33.0 Å². The second-order valence-corrected chi connectivity index (χ2v) is 5.37. The molecule has 0 aromatic heterocycles. The van der Waals surface area contributed by atoms with Crippen LogP contribution in [-0.2, 0) is 0 Å². The van der Waals surface area contributed by atoms with Gasteiger partial charge < -0.3 is 5.32 Å². The second-order valence-electron chi connectivity index (χ2n) is 5.37. The third-order valence-electron chi connectivity index (χ3n) is 3.88. The Kier molecular flexibility index (Phi) is 4.43. The van der Waals surface area contributed by atoms with Gasteiger partial charge in [-0.2, -0.15) is 0 Å². The van der Waals surface area contributed by atoms with Crippen LogP contribution in [0.1, 0.15) is 53.4 Å². The fraction of sp³-hybridized carbons (Fsp3) is 1.00. The van der Waals surface area contributed by atoms with Gasteiger partial charge in [-0.05, 0) is 49.5 Å².